The Bertz CT molecular complexity index is 3070. The number of pyridine rings is 1. The molecule has 2 unspecified atom stereocenters. The minimum Gasteiger partial charge on any atom is -0.391 e. The zero-order valence-electron chi connectivity index (χ0n) is 43.7. The minimum absolute atomic E-state index is 0.0176. The number of nitrogens with one attached hydrogen (secondary N) is 3. The number of aryl methyl sites for hydroxylation is 1. The van der Waals surface area contributed by atoms with Gasteiger partial charge in [0.05, 0.1) is 41.0 Å². The molecule has 3 atom stereocenters. The molecule has 9 rings (SSSR count). The Kier molecular flexibility index (Phi) is 15.7. The normalized spacial score (nSPS) is 18.6. The molecule has 3 fully saturated rings. The molecule has 20 heteroatoms. The third-order valence-electron chi connectivity index (χ3n) is 14.5. The van der Waals surface area contributed by atoms with Gasteiger partial charge in [-0.2, -0.15) is 4.98 Å². The number of amides is 3. The van der Waals surface area contributed by atoms with Crippen molar-refractivity contribution < 1.29 is 24.6 Å². The van der Waals surface area contributed by atoms with Gasteiger partial charge in [0.15, 0.2) is 11.5 Å². The van der Waals surface area contributed by atoms with Crippen LogP contribution in [-0.2, 0) is 33.1 Å². The fraction of sp³-hybridized carbons (Fsp3) is 0.455. The third-order valence-corrected chi connectivity index (χ3v) is 15.5. The van der Waals surface area contributed by atoms with Gasteiger partial charge in [0.1, 0.15) is 23.1 Å². The summed E-state index contributed by atoms with van der Waals surface area (Å²) in [6.07, 6.45) is 4.28. The number of β-amino-alcohol motifs (C(OH)–C–C–N with tert-alkyl or cyclic N) is 1. The van der Waals surface area contributed by atoms with Gasteiger partial charge in [0.25, 0.3) is 5.56 Å². The van der Waals surface area contributed by atoms with E-state index in [1.54, 1.807) is 54.1 Å². The smallest absolute Gasteiger partial charge is 0.278 e. The van der Waals surface area contributed by atoms with Gasteiger partial charge in [0, 0.05) is 82.4 Å². The van der Waals surface area contributed by atoms with Gasteiger partial charge in [-0.3, -0.25) is 29.0 Å². The highest BCUT2D eigenvalue weighted by Gasteiger charge is 2.45. The molecule has 3 aliphatic rings. The molecule has 0 bridgehead atoms. The molecule has 0 aliphatic carbocycles. The Morgan fingerprint density at radius 2 is 1.64 bits per heavy atom. The number of aliphatic hydroxyl groups is 2. The molecule has 3 saturated heterocycles. The summed E-state index contributed by atoms with van der Waals surface area (Å²) < 4.78 is 3.14. The number of hydrogen-bond acceptors (Lipinski definition) is 15. The maximum atomic E-state index is 14.3. The number of allylic oxidation sites excluding steroid dienone is 1. The largest absolute Gasteiger partial charge is 0.391 e. The van der Waals surface area contributed by atoms with Gasteiger partial charge >= 0.3 is 0 Å². The first-order valence-corrected chi connectivity index (χ1v) is 26.7. The molecular formula is C55H69N13O6S. The van der Waals surface area contributed by atoms with E-state index in [0.29, 0.717) is 34.5 Å². The van der Waals surface area contributed by atoms with E-state index in [1.165, 1.54) is 15.8 Å². The topological polar surface area (TPSA) is 219 Å². The average Bonchev–Trinajstić information content (AvgIpc) is 4.09. The first kappa shape index (κ1) is 53.0. The number of benzene rings is 2. The third kappa shape index (κ3) is 12.0. The van der Waals surface area contributed by atoms with Crippen molar-refractivity contribution in [3.63, 3.8) is 0 Å². The predicted molar refractivity (Wildman–Crippen MR) is 291 cm³/mol. The molecule has 7 heterocycles. The molecule has 0 radical (unpaired) electrons. The second-order valence-corrected chi connectivity index (χ2v) is 22.4. The van der Waals surface area contributed by atoms with Crippen molar-refractivity contribution in [3.05, 3.63) is 118 Å². The van der Waals surface area contributed by atoms with E-state index in [4.69, 9.17) is 4.98 Å². The number of aromatic nitrogens is 6. The van der Waals surface area contributed by atoms with Gasteiger partial charge in [-0.1, -0.05) is 57.2 Å². The Balaban J connectivity index is 0.741. The van der Waals surface area contributed by atoms with Crippen molar-refractivity contribution in [1.29, 1.82) is 0 Å². The number of piperidine rings is 1. The molecule has 3 amide bonds. The lowest BCUT2D eigenvalue weighted by atomic mass is 9.85. The molecule has 396 valence electrons. The Labute approximate surface area is 441 Å². The highest BCUT2D eigenvalue weighted by Crippen LogP contribution is 2.30. The standard InChI is InChI=1S/C55H69N13O6S/c1-8-22-67-51(72)42-31-57-53(62-49(42)68(67)45-11-9-10-44(60-45)55(6,7)74)59-38-16-18-39(19-17-38)64-25-27-65(28-26-64)40-20-23-63(24-21-40)33-46(70)61-48(54(3,4)5)52(73)66-32-41(69)29-43(66)50(71)56-30-36-12-14-37(15-13-36)47-35(2)58-34-75-47/h8-19,31,34,40-41,43,48,69,74H,1,20-30,32-33H2,2-7H3,(H,56,71)(H,61,70)(H,57,59,62)/t41?,43?,48-/m1/s1. The van der Waals surface area contributed by atoms with Crippen LogP contribution in [0.4, 0.5) is 17.3 Å². The summed E-state index contributed by atoms with van der Waals surface area (Å²) in [4.78, 5) is 82.9. The van der Waals surface area contributed by atoms with Crippen LogP contribution in [0.2, 0.25) is 0 Å². The number of thiazole rings is 1. The number of rotatable bonds is 16. The van der Waals surface area contributed by atoms with Crippen LogP contribution in [0.15, 0.2) is 95.9 Å². The number of piperazine rings is 1. The van der Waals surface area contributed by atoms with Crippen molar-refractivity contribution in [1.82, 2.24) is 54.6 Å². The highest BCUT2D eigenvalue weighted by atomic mass is 32.1. The van der Waals surface area contributed by atoms with Crippen LogP contribution in [0, 0.1) is 12.3 Å². The average molecular weight is 1040 g/mol. The highest BCUT2D eigenvalue weighted by molar-refractivity contribution is 7.13. The fourth-order valence-corrected chi connectivity index (χ4v) is 11.2. The fourth-order valence-electron chi connectivity index (χ4n) is 10.4. The van der Waals surface area contributed by atoms with Crippen molar-refractivity contribution in [2.24, 2.45) is 5.41 Å². The van der Waals surface area contributed by atoms with Gasteiger partial charge in [0.2, 0.25) is 23.7 Å². The first-order chi connectivity index (χ1) is 35.8. The molecule has 0 spiro atoms. The molecule has 0 saturated carbocycles. The number of likely N-dealkylation sites (tertiary alicyclic amines) is 2. The number of carbonyl (C=O) groups excluding carboxylic acids is 3. The van der Waals surface area contributed by atoms with E-state index in [-0.39, 0.29) is 55.9 Å². The Hall–Kier alpha value is -6.84. The molecule has 3 aliphatic heterocycles. The van der Waals surface area contributed by atoms with E-state index >= 15 is 0 Å². The van der Waals surface area contributed by atoms with E-state index in [1.807, 2.05) is 69.6 Å². The van der Waals surface area contributed by atoms with E-state index in [0.717, 1.165) is 85.2 Å². The lowest BCUT2D eigenvalue weighted by molar-refractivity contribution is -0.144. The molecule has 75 heavy (non-hydrogen) atoms. The quantitative estimate of drug-likeness (QED) is 0.0810. The molecule has 5 N–H and O–H groups in total. The Morgan fingerprint density at radius 1 is 0.920 bits per heavy atom. The van der Waals surface area contributed by atoms with Gasteiger partial charge in [-0.15, -0.1) is 17.9 Å². The van der Waals surface area contributed by atoms with Crippen LogP contribution >= 0.6 is 11.3 Å². The maximum absolute atomic E-state index is 14.3. The van der Waals surface area contributed by atoms with Crippen LogP contribution < -0.4 is 26.4 Å². The molecular weight excluding hydrogens is 971 g/mol. The van der Waals surface area contributed by atoms with E-state index in [9.17, 15) is 29.4 Å². The number of aliphatic hydroxyl groups excluding tert-OH is 1. The zero-order chi connectivity index (χ0) is 53.2. The lowest BCUT2D eigenvalue weighted by Gasteiger charge is -2.43. The minimum atomic E-state index is -1.19. The van der Waals surface area contributed by atoms with Crippen molar-refractivity contribution >= 4 is 57.4 Å². The summed E-state index contributed by atoms with van der Waals surface area (Å²) in [6.45, 7) is 20.6. The summed E-state index contributed by atoms with van der Waals surface area (Å²) in [5.74, 6) is -0.206. The lowest BCUT2D eigenvalue weighted by Crippen LogP contribution is -2.59. The zero-order valence-corrected chi connectivity index (χ0v) is 44.5. The summed E-state index contributed by atoms with van der Waals surface area (Å²) in [5.41, 5.74) is 5.37. The van der Waals surface area contributed by atoms with Gasteiger partial charge < -0.3 is 36.0 Å². The number of nitrogens with zero attached hydrogens (tertiary/aromatic N) is 10. The summed E-state index contributed by atoms with van der Waals surface area (Å²) in [7, 11) is 0. The van der Waals surface area contributed by atoms with Crippen molar-refractivity contribution in [3.8, 4) is 16.3 Å². The van der Waals surface area contributed by atoms with E-state index < -0.39 is 29.2 Å². The number of hydrogen-bond donors (Lipinski definition) is 5. The van der Waals surface area contributed by atoms with Crippen LogP contribution in [-0.4, -0.2) is 149 Å². The second-order valence-electron chi connectivity index (χ2n) is 21.5. The summed E-state index contributed by atoms with van der Waals surface area (Å²) >= 11 is 1.58. The maximum Gasteiger partial charge on any atom is 0.278 e. The number of fused-ring (bicyclic) bond motifs is 1. The molecule has 4 aromatic heterocycles. The Morgan fingerprint density at radius 3 is 2.29 bits per heavy atom. The van der Waals surface area contributed by atoms with Gasteiger partial charge in [-0.05, 0) is 86.6 Å². The monoisotopic (exact) mass is 1040 g/mol. The first-order valence-electron chi connectivity index (χ1n) is 25.8. The van der Waals surface area contributed by atoms with Crippen LogP contribution in [0.1, 0.15) is 70.8 Å². The number of carbonyl (C=O) groups is 3. The van der Waals surface area contributed by atoms with Crippen LogP contribution in [0.25, 0.3) is 27.3 Å². The summed E-state index contributed by atoms with van der Waals surface area (Å²) in [5, 5.41) is 31.0. The molecule has 19 nitrogen and oxygen atoms in total. The van der Waals surface area contributed by atoms with E-state index in [2.05, 4.69) is 64.3 Å². The van der Waals surface area contributed by atoms with Crippen LogP contribution in [0.3, 0.4) is 0 Å². The van der Waals surface area contributed by atoms with Gasteiger partial charge in [-0.25, -0.2) is 24.3 Å². The van der Waals surface area contributed by atoms with Crippen LogP contribution in [0.5, 0.6) is 0 Å². The molecule has 2 aromatic carbocycles. The van der Waals surface area contributed by atoms with Crippen molar-refractivity contribution in [2.75, 3.05) is 62.6 Å². The second kappa shape index (κ2) is 22.2. The van der Waals surface area contributed by atoms with Crippen molar-refractivity contribution in [2.45, 2.75) is 104 Å². The molecule has 6 aromatic rings. The number of anilines is 3. The SMILES string of the molecule is C=CCn1c(=O)c2cnc(Nc3ccc(N4CCN(C5CCN(CC(=O)N[C@H](C(=O)N6CC(O)CC6C(=O)NCc6ccc(-c7scnc7C)cc6)C(C)(C)C)CC5)CC4)cc3)nc2n1-c1cccc(C(C)(C)O)n1. The summed E-state index contributed by atoms with van der Waals surface area (Å²) in [6, 6.07) is 20.0. The predicted octanol–water partition coefficient (Wildman–Crippen LogP) is 4.96.